The van der Waals surface area contributed by atoms with E-state index in [1.807, 2.05) is 17.0 Å². The molecular formula is C15H19N3O2. The molecule has 5 nitrogen and oxygen atoms in total. The first-order valence-corrected chi connectivity index (χ1v) is 7.05. The second-order valence-corrected chi connectivity index (χ2v) is 5.55. The molecule has 1 aromatic carbocycles. The topological polar surface area (TPSA) is 66.6 Å². The predicted octanol–water partition coefficient (Wildman–Crippen LogP) is 0.644. The van der Waals surface area contributed by atoms with Crippen LogP contribution in [0.15, 0.2) is 24.3 Å². The number of amides is 2. The van der Waals surface area contributed by atoms with Crippen LogP contribution < -0.4 is 5.73 Å². The fraction of sp³-hybridized carbons (Fsp3) is 0.467. The highest BCUT2D eigenvalue weighted by Gasteiger charge is 2.36. The van der Waals surface area contributed by atoms with Gasteiger partial charge in [-0.1, -0.05) is 12.1 Å². The number of nitrogens with two attached hydrogens (primary N) is 1. The zero-order valence-corrected chi connectivity index (χ0v) is 11.4. The lowest BCUT2D eigenvalue weighted by molar-refractivity contribution is -0.145. The maximum Gasteiger partial charge on any atom is 0.242 e. The standard InChI is InChI=1S/C15H19N3O2/c16-12-3-1-11(2-4-12)9-14(19)17-7-8-18(13-5-6-13)15(20)10-17/h1-4,13H,5-10,16H2. The van der Waals surface area contributed by atoms with E-state index < -0.39 is 0 Å². The lowest BCUT2D eigenvalue weighted by Crippen LogP contribution is -2.53. The number of carbonyl (C=O) groups excluding carboxylic acids is 2. The molecule has 20 heavy (non-hydrogen) atoms. The van der Waals surface area contributed by atoms with Crippen LogP contribution in [0.4, 0.5) is 5.69 Å². The van der Waals surface area contributed by atoms with Crippen molar-refractivity contribution in [2.75, 3.05) is 25.4 Å². The summed E-state index contributed by atoms with van der Waals surface area (Å²) in [4.78, 5) is 27.8. The van der Waals surface area contributed by atoms with Gasteiger partial charge in [0.1, 0.15) is 0 Å². The van der Waals surface area contributed by atoms with Gasteiger partial charge < -0.3 is 15.5 Å². The number of hydrogen-bond acceptors (Lipinski definition) is 3. The van der Waals surface area contributed by atoms with Gasteiger partial charge in [-0.15, -0.1) is 0 Å². The van der Waals surface area contributed by atoms with Gasteiger partial charge in [0.2, 0.25) is 11.8 Å². The van der Waals surface area contributed by atoms with Crippen LogP contribution in [0, 0.1) is 0 Å². The minimum Gasteiger partial charge on any atom is -0.399 e. The Labute approximate surface area is 118 Å². The van der Waals surface area contributed by atoms with Gasteiger partial charge in [0.15, 0.2) is 0 Å². The summed E-state index contributed by atoms with van der Waals surface area (Å²) in [6.45, 7) is 1.55. The number of rotatable bonds is 3. The second kappa shape index (κ2) is 5.15. The SMILES string of the molecule is Nc1ccc(CC(=O)N2CCN(C3CC3)C(=O)C2)cc1. The van der Waals surface area contributed by atoms with Crippen LogP contribution >= 0.6 is 0 Å². The molecule has 0 atom stereocenters. The molecular weight excluding hydrogens is 254 g/mol. The van der Waals surface area contributed by atoms with Gasteiger partial charge in [-0.3, -0.25) is 9.59 Å². The highest BCUT2D eigenvalue weighted by atomic mass is 16.2. The number of carbonyl (C=O) groups is 2. The minimum atomic E-state index is 0.0126. The lowest BCUT2D eigenvalue weighted by Gasteiger charge is -2.34. The van der Waals surface area contributed by atoms with Crippen molar-refractivity contribution < 1.29 is 9.59 Å². The van der Waals surface area contributed by atoms with E-state index in [9.17, 15) is 9.59 Å². The molecule has 5 heteroatoms. The van der Waals surface area contributed by atoms with Crippen molar-refractivity contribution in [3.8, 4) is 0 Å². The third-order valence-electron chi connectivity index (χ3n) is 3.93. The van der Waals surface area contributed by atoms with Crippen LogP contribution in [-0.2, 0) is 16.0 Å². The molecule has 2 fully saturated rings. The molecule has 0 bridgehead atoms. The van der Waals surface area contributed by atoms with Crippen LogP contribution in [0.25, 0.3) is 0 Å². The molecule has 1 aromatic rings. The van der Waals surface area contributed by atoms with E-state index in [1.165, 1.54) is 0 Å². The van der Waals surface area contributed by atoms with Gasteiger partial charge in [0.05, 0.1) is 13.0 Å². The Morgan fingerprint density at radius 3 is 2.50 bits per heavy atom. The van der Waals surface area contributed by atoms with Crippen molar-refractivity contribution in [1.82, 2.24) is 9.80 Å². The van der Waals surface area contributed by atoms with Gasteiger partial charge in [0, 0.05) is 24.8 Å². The molecule has 2 aliphatic rings. The van der Waals surface area contributed by atoms with Crippen LogP contribution in [0.1, 0.15) is 18.4 Å². The third-order valence-corrected chi connectivity index (χ3v) is 3.93. The molecule has 0 spiro atoms. The van der Waals surface area contributed by atoms with Crippen LogP contribution in [-0.4, -0.2) is 47.3 Å². The number of nitrogens with zero attached hydrogens (tertiary/aromatic N) is 2. The van der Waals surface area contributed by atoms with E-state index in [-0.39, 0.29) is 18.4 Å². The number of anilines is 1. The average molecular weight is 273 g/mol. The fourth-order valence-corrected chi connectivity index (χ4v) is 2.59. The van der Waals surface area contributed by atoms with Crippen LogP contribution in [0.2, 0.25) is 0 Å². The van der Waals surface area contributed by atoms with Gasteiger partial charge in [-0.05, 0) is 30.5 Å². The number of benzene rings is 1. The van der Waals surface area contributed by atoms with E-state index in [1.54, 1.807) is 17.0 Å². The van der Waals surface area contributed by atoms with Crippen molar-refractivity contribution in [3.05, 3.63) is 29.8 Å². The minimum absolute atomic E-state index is 0.0126. The zero-order chi connectivity index (χ0) is 14.1. The molecule has 1 saturated carbocycles. The Morgan fingerprint density at radius 1 is 1.20 bits per heavy atom. The van der Waals surface area contributed by atoms with E-state index in [4.69, 9.17) is 5.73 Å². The average Bonchev–Trinajstić information content (AvgIpc) is 3.25. The van der Waals surface area contributed by atoms with E-state index in [2.05, 4.69) is 0 Å². The summed E-state index contributed by atoms with van der Waals surface area (Å²) in [6, 6.07) is 7.74. The maximum atomic E-state index is 12.2. The summed E-state index contributed by atoms with van der Waals surface area (Å²) in [7, 11) is 0. The van der Waals surface area contributed by atoms with Crippen LogP contribution in [0.5, 0.6) is 0 Å². The first kappa shape index (κ1) is 13.0. The van der Waals surface area contributed by atoms with E-state index >= 15 is 0 Å². The largest absolute Gasteiger partial charge is 0.399 e. The summed E-state index contributed by atoms with van der Waals surface area (Å²) in [5.41, 5.74) is 7.24. The van der Waals surface area contributed by atoms with E-state index in [0.29, 0.717) is 31.2 Å². The Balaban J connectivity index is 1.57. The summed E-state index contributed by atoms with van der Waals surface area (Å²) >= 11 is 0. The summed E-state index contributed by atoms with van der Waals surface area (Å²) in [5.74, 6) is 0.1000. The quantitative estimate of drug-likeness (QED) is 0.822. The molecule has 1 heterocycles. The molecule has 106 valence electrons. The Bertz CT molecular complexity index is 522. The van der Waals surface area contributed by atoms with Crippen molar-refractivity contribution in [3.63, 3.8) is 0 Å². The lowest BCUT2D eigenvalue weighted by atomic mass is 10.1. The van der Waals surface area contributed by atoms with Gasteiger partial charge >= 0.3 is 0 Å². The summed E-state index contributed by atoms with van der Waals surface area (Å²) in [6.07, 6.45) is 2.56. The monoisotopic (exact) mass is 273 g/mol. The molecule has 1 aliphatic heterocycles. The molecule has 2 amide bonds. The fourth-order valence-electron chi connectivity index (χ4n) is 2.59. The highest BCUT2D eigenvalue weighted by Crippen LogP contribution is 2.28. The Kier molecular flexibility index (Phi) is 3.34. The number of nitrogen functional groups attached to an aromatic ring is 1. The number of piperazine rings is 1. The Hall–Kier alpha value is -2.04. The van der Waals surface area contributed by atoms with Gasteiger partial charge in [-0.2, -0.15) is 0 Å². The first-order chi connectivity index (χ1) is 9.63. The van der Waals surface area contributed by atoms with E-state index in [0.717, 1.165) is 18.4 Å². The molecule has 0 aromatic heterocycles. The van der Waals surface area contributed by atoms with Gasteiger partial charge in [-0.25, -0.2) is 0 Å². The second-order valence-electron chi connectivity index (χ2n) is 5.55. The van der Waals surface area contributed by atoms with Crippen molar-refractivity contribution in [2.45, 2.75) is 25.3 Å². The van der Waals surface area contributed by atoms with Crippen molar-refractivity contribution >= 4 is 17.5 Å². The highest BCUT2D eigenvalue weighted by molar-refractivity contribution is 5.87. The molecule has 0 unspecified atom stereocenters. The molecule has 1 aliphatic carbocycles. The summed E-state index contributed by atoms with van der Waals surface area (Å²) < 4.78 is 0. The van der Waals surface area contributed by atoms with Crippen LogP contribution in [0.3, 0.4) is 0 Å². The number of hydrogen-bond donors (Lipinski definition) is 1. The van der Waals surface area contributed by atoms with Crippen molar-refractivity contribution in [1.29, 1.82) is 0 Å². The Morgan fingerprint density at radius 2 is 1.90 bits per heavy atom. The third kappa shape index (κ3) is 2.76. The zero-order valence-electron chi connectivity index (χ0n) is 11.4. The summed E-state index contributed by atoms with van der Waals surface area (Å²) in [5, 5.41) is 0. The molecule has 1 saturated heterocycles. The normalized spacial score (nSPS) is 19.3. The molecule has 0 radical (unpaired) electrons. The smallest absolute Gasteiger partial charge is 0.242 e. The molecule has 2 N–H and O–H groups in total. The van der Waals surface area contributed by atoms with Gasteiger partial charge in [0.25, 0.3) is 0 Å². The maximum absolute atomic E-state index is 12.2. The predicted molar refractivity (Wildman–Crippen MR) is 75.9 cm³/mol. The first-order valence-electron chi connectivity index (χ1n) is 7.05. The van der Waals surface area contributed by atoms with Crippen molar-refractivity contribution in [2.24, 2.45) is 0 Å². The molecule has 3 rings (SSSR count).